The van der Waals surface area contributed by atoms with Gasteiger partial charge in [-0.25, -0.2) is 0 Å². The second kappa shape index (κ2) is 6.71. The van der Waals surface area contributed by atoms with Crippen LogP contribution in [0.15, 0.2) is 24.3 Å². The van der Waals surface area contributed by atoms with Crippen molar-refractivity contribution < 1.29 is 9.53 Å². The minimum atomic E-state index is -0.117. The molecule has 0 heterocycles. The number of ether oxygens (including phenoxy) is 1. The molecule has 1 unspecified atom stereocenters. The molecule has 1 aliphatic rings. The van der Waals surface area contributed by atoms with Gasteiger partial charge in [-0.1, -0.05) is 36.2 Å². The Morgan fingerprint density at radius 3 is 2.58 bits per heavy atom. The van der Waals surface area contributed by atoms with E-state index in [1.807, 2.05) is 0 Å². The minimum Gasteiger partial charge on any atom is -0.469 e. The normalized spacial score (nSPS) is 16.7. The monoisotopic (exact) mass is 261 g/mol. The first-order chi connectivity index (χ1) is 9.19. The van der Waals surface area contributed by atoms with E-state index in [-0.39, 0.29) is 12.0 Å². The number of esters is 1. The predicted octanol–water partition coefficient (Wildman–Crippen LogP) is 2.82. The van der Waals surface area contributed by atoms with Crippen molar-refractivity contribution >= 4 is 5.97 Å². The van der Waals surface area contributed by atoms with E-state index in [4.69, 9.17) is 4.74 Å². The van der Waals surface area contributed by atoms with Crippen molar-refractivity contribution in [1.82, 2.24) is 5.32 Å². The fourth-order valence-corrected chi connectivity index (χ4v) is 2.47. The van der Waals surface area contributed by atoms with E-state index in [2.05, 4.69) is 36.5 Å². The number of nitrogens with one attached hydrogen (secondary N) is 1. The molecule has 0 radical (unpaired) electrons. The van der Waals surface area contributed by atoms with Gasteiger partial charge in [-0.15, -0.1) is 0 Å². The van der Waals surface area contributed by atoms with Crippen LogP contribution in [0, 0.1) is 12.8 Å². The highest BCUT2D eigenvalue weighted by atomic mass is 16.5. The zero-order valence-corrected chi connectivity index (χ0v) is 11.8. The average Bonchev–Trinajstić information content (AvgIpc) is 2.35. The molecule has 104 valence electrons. The maximum absolute atomic E-state index is 11.5. The molecular weight excluding hydrogens is 238 g/mol. The molecule has 1 N–H and O–H groups in total. The second-order valence-corrected chi connectivity index (χ2v) is 5.44. The third-order valence-electron chi connectivity index (χ3n) is 4.02. The Hall–Kier alpha value is -1.35. The Morgan fingerprint density at radius 2 is 2.05 bits per heavy atom. The van der Waals surface area contributed by atoms with Crippen LogP contribution in [0.5, 0.6) is 0 Å². The van der Waals surface area contributed by atoms with Crippen LogP contribution in [0.4, 0.5) is 0 Å². The van der Waals surface area contributed by atoms with E-state index >= 15 is 0 Å². The molecule has 2 rings (SSSR count). The summed E-state index contributed by atoms with van der Waals surface area (Å²) in [5, 5.41) is 3.52. The molecule has 0 spiro atoms. The summed E-state index contributed by atoms with van der Waals surface area (Å²) in [5.74, 6) is 0.512. The lowest BCUT2D eigenvalue weighted by Crippen LogP contribution is -2.40. The van der Waals surface area contributed by atoms with E-state index in [0.717, 1.165) is 6.54 Å². The number of methoxy groups -OCH3 is 1. The lowest BCUT2D eigenvalue weighted by atomic mass is 9.78. The molecule has 1 aromatic rings. The van der Waals surface area contributed by atoms with Gasteiger partial charge in [-0.2, -0.15) is 0 Å². The third-order valence-corrected chi connectivity index (χ3v) is 4.02. The average molecular weight is 261 g/mol. The summed E-state index contributed by atoms with van der Waals surface area (Å²) in [7, 11) is 1.46. The van der Waals surface area contributed by atoms with Gasteiger partial charge in [-0.05, 0) is 31.2 Å². The summed E-state index contributed by atoms with van der Waals surface area (Å²) >= 11 is 0. The van der Waals surface area contributed by atoms with E-state index < -0.39 is 0 Å². The fraction of sp³-hybridized carbons (Fsp3) is 0.562. The first-order valence-electron chi connectivity index (χ1n) is 7.05. The van der Waals surface area contributed by atoms with Crippen molar-refractivity contribution in [3.63, 3.8) is 0 Å². The number of benzene rings is 1. The molecule has 0 saturated heterocycles. The lowest BCUT2D eigenvalue weighted by molar-refractivity contribution is -0.141. The van der Waals surface area contributed by atoms with Gasteiger partial charge < -0.3 is 10.1 Å². The van der Waals surface area contributed by atoms with Crippen LogP contribution < -0.4 is 5.32 Å². The van der Waals surface area contributed by atoms with Crippen molar-refractivity contribution in [3.8, 4) is 0 Å². The summed E-state index contributed by atoms with van der Waals surface area (Å²) in [6.45, 7) is 2.91. The standard InChI is InChI=1S/C16H23NO2/c1-12-6-8-13(9-7-12)11-17-15(10-16(18)19-2)14-4-3-5-14/h6-9,14-15,17H,3-5,10-11H2,1-2H3. The van der Waals surface area contributed by atoms with Gasteiger partial charge in [0, 0.05) is 12.6 Å². The third kappa shape index (κ3) is 4.06. The van der Waals surface area contributed by atoms with Crippen LogP contribution >= 0.6 is 0 Å². The Balaban J connectivity index is 1.88. The van der Waals surface area contributed by atoms with Crippen LogP contribution in [0.25, 0.3) is 0 Å². The van der Waals surface area contributed by atoms with E-state index in [0.29, 0.717) is 12.3 Å². The van der Waals surface area contributed by atoms with Crippen molar-refractivity contribution in [2.24, 2.45) is 5.92 Å². The fourth-order valence-electron chi connectivity index (χ4n) is 2.47. The highest BCUT2D eigenvalue weighted by molar-refractivity contribution is 5.70. The Kier molecular flexibility index (Phi) is 4.97. The summed E-state index contributed by atoms with van der Waals surface area (Å²) in [4.78, 5) is 11.5. The number of rotatable bonds is 6. The van der Waals surface area contributed by atoms with Gasteiger partial charge in [-0.3, -0.25) is 4.79 Å². The number of aryl methyl sites for hydroxylation is 1. The molecule has 1 aliphatic carbocycles. The molecule has 1 atom stereocenters. The zero-order valence-electron chi connectivity index (χ0n) is 11.8. The maximum atomic E-state index is 11.5. The predicted molar refractivity (Wildman–Crippen MR) is 75.8 cm³/mol. The Labute approximate surface area is 115 Å². The molecule has 1 aromatic carbocycles. The molecule has 0 aliphatic heterocycles. The molecule has 1 fully saturated rings. The maximum Gasteiger partial charge on any atom is 0.307 e. The van der Waals surface area contributed by atoms with Crippen LogP contribution in [0.3, 0.4) is 0 Å². The van der Waals surface area contributed by atoms with Crippen molar-refractivity contribution in [1.29, 1.82) is 0 Å². The highest BCUT2D eigenvalue weighted by Crippen LogP contribution is 2.31. The van der Waals surface area contributed by atoms with Crippen LogP contribution in [0.2, 0.25) is 0 Å². The van der Waals surface area contributed by atoms with Crippen molar-refractivity contribution in [3.05, 3.63) is 35.4 Å². The number of carbonyl (C=O) groups is 1. The smallest absolute Gasteiger partial charge is 0.307 e. The molecule has 3 nitrogen and oxygen atoms in total. The van der Waals surface area contributed by atoms with E-state index in [9.17, 15) is 4.79 Å². The molecule has 3 heteroatoms. The van der Waals surface area contributed by atoms with E-state index in [1.165, 1.54) is 37.5 Å². The molecular formula is C16H23NO2. The number of hydrogen-bond acceptors (Lipinski definition) is 3. The van der Waals surface area contributed by atoms with Gasteiger partial charge in [0.2, 0.25) is 0 Å². The minimum absolute atomic E-state index is 0.117. The largest absolute Gasteiger partial charge is 0.469 e. The Morgan fingerprint density at radius 1 is 1.37 bits per heavy atom. The van der Waals surface area contributed by atoms with Gasteiger partial charge in [0.05, 0.1) is 13.5 Å². The van der Waals surface area contributed by atoms with Crippen LogP contribution in [-0.2, 0) is 16.1 Å². The first kappa shape index (κ1) is 14.1. The number of carbonyl (C=O) groups excluding carboxylic acids is 1. The summed E-state index contributed by atoms with van der Waals surface area (Å²) < 4.78 is 4.79. The lowest BCUT2D eigenvalue weighted by Gasteiger charge is -2.34. The summed E-state index contributed by atoms with van der Waals surface area (Å²) in [5.41, 5.74) is 2.54. The van der Waals surface area contributed by atoms with Gasteiger partial charge in [0.25, 0.3) is 0 Å². The van der Waals surface area contributed by atoms with Crippen molar-refractivity contribution in [2.45, 2.75) is 45.2 Å². The van der Waals surface area contributed by atoms with Crippen molar-refractivity contribution in [2.75, 3.05) is 7.11 Å². The summed E-state index contributed by atoms with van der Waals surface area (Å²) in [6, 6.07) is 8.77. The SMILES string of the molecule is COC(=O)CC(NCc1ccc(C)cc1)C1CCC1. The quantitative estimate of drug-likeness (QED) is 0.800. The second-order valence-electron chi connectivity index (χ2n) is 5.44. The molecule has 19 heavy (non-hydrogen) atoms. The van der Waals surface area contributed by atoms with Crippen LogP contribution in [0.1, 0.15) is 36.8 Å². The van der Waals surface area contributed by atoms with Gasteiger partial charge in [0.15, 0.2) is 0 Å². The highest BCUT2D eigenvalue weighted by Gasteiger charge is 2.28. The van der Waals surface area contributed by atoms with Crippen LogP contribution in [-0.4, -0.2) is 19.1 Å². The van der Waals surface area contributed by atoms with Gasteiger partial charge in [0.1, 0.15) is 0 Å². The topological polar surface area (TPSA) is 38.3 Å². The Bertz CT molecular complexity index is 409. The molecule has 1 saturated carbocycles. The molecule has 0 amide bonds. The van der Waals surface area contributed by atoms with E-state index in [1.54, 1.807) is 0 Å². The van der Waals surface area contributed by atoms with Gasteiger partial charge >= 0.3 is 5.97 Å². The number of hydrogen-bond donors (Lipinski definition) is 1. The molecule has 0 bridgehead atoms. The zero-order chi connectivity index (χ0) is 13.7. The first-order valence-corrected chi connectivity index (χ1v) is 7.05. The summed E-state index contributed by atoms with van der Waals surface area (Å²) in [6.07, 6.45) is 4.21. The molecule has 0 aromatic heterocycles.